The summed E-state index contributed by atoms with van der Waals surface area (Å²) in [5.41, 5.74) is 1.80. The lowest BCUT2D eigenvalue weighted by molar-refractivity contribution is -0.120. The van der Waals surface area contributed by atoms with Crippen LogP contribution in [0.1, 0.15) is 5.56 Å². The van der Waals surface area contributed by atoms with Gasteiger partial charge in [-0.3, -0.25) is 9.59 Å². The molecule has 1 aliphatic rings. The van der Waals surface area contributed by atoms with Crippen LogP contribution < -0.4 is 15.0 Å². The van der Waals surface area contributed by atoms with Gasteiger partial charge in [0.25, 0.3) is 11.8 Å². The van der Waals surface area contributed by atoms with Crippen molar-refractivity contribution in [1.82, 2.24) is 0 Å². The van der Waals surface area contributed by atoms with Gasteiger partial charge in [0.1, 0.15) is 16.5 Å². The first-order valence-corrected chi connectivity index (χ1v) is 8.14. The molecule has 0 radical (unpaired) electrons. The molecular formula is C18H14Cl2N2O3. The summed E-state index contributed by atoms with van der Waals surface area (Å²) in [5, 5.41) is 3.31. The first-order valence-electron chi connectivity index (χ1n) is 7.38. The molecular weight excluding hydrogens is 363 g/mol. The molecule has 2 aromatic carbocycles. The molecule has 2 aromatic rings. The molecule has 0 unspecified atom stereocenters. The summed E-state index contributed by atoms with van der Waals surface area (Å²) in [6, 6.07) is 11.8. The topological polar surface area (TPSA) is 58.6 Å². The standard InChI is InChI=1S/C18H14Cl2N2O3/c1-10-13(19)4-3-5-14(10)21-16-15(20)17(23)22(18(16)24)11-6-8-12(25-2)9-7-11/h3-9,21H,1-2H3. The molecule has 0 spiro atoms. The highest BCUT2D eigenvalue weighted by atomic mass is 35.5. The van der Waals surface area contributed by atoms with Crippen molar-refractivity contribution in [3.63, 3.8) is 0 Å². The lowest BCUT2D eigenvalue weighted by Gasteiger charge is -2.16. The zero-order valence-electron chi connectivity index (χ0n) is 13.5. The smallest absolute Gasteiger partial charge is 0.283 e. The minimum atomic E-state index is -0.584. The molecule has 2 amide bonds. The van der Waals surface area contributed by atoms with E-state index in [-0.39, 0.29) is 10.7 Å². The molecule has 5 nitrogen and oxygen atoms in total. The Morgan fingerprint density at radius 1 is 1.00 bits per heavy atom. The fourth-order valence-electron chi connectivity index (χ4n) is 2.45. The maximum absolute atomic E-state index is 12.7. The number of hydrogen-bond acceptors (Lipinski definition) is 4. The first kappa shape index (κ1) is 17.3. The van der Waals surface area contributed by atoms with Crippen LogP contribution in [0.2, 0.25) is 5.02 Å². The van der Waals surface area contributed by atoms with Crippen LogP contribution in [0.5, 0.6) is 5.75 Å². The van der Waals surface area contributed by atoms with E-state index in [2.05, 4.69) is 5.32 Å². The number of nitrogens with zero attached hydrogens (tertiary/aromatic N) is 1. The Balaban J connectivity index is 1.92. The third-order valence-corrected chi connectivity index (χ3v) is 4.65. The molecule has 3 rings (SSSR count). The zero-order valence-corrected chi connectivity index (χ0v) is 15.0. The number of carbonyl (C=O) groups excluding carboxylic acids is 2. The van der Waals surface area contributed by atoms with Crippen LogP contribution in [0.15, 0.2) is 53.2 Å². The molecule has 0 saturated heterocycles. The van der Waals surface area contributed by atoms with Crippen LogP contribution >= 0.6 is 23.2 Å². The third-order valence-electron chi connectivity index (χ3n) is 3.89. The van der Waals surface area contributed by atoms with E-state index in [1.807, 2.05) is 6.92 Å². The highest BCUT2D eigenvalue weighted by Gasteiger charge is 2.39. The van der Waals surface area contributed by atoms with Crippen LogP contribution in [0.25, 0.3) is 0 Å². The summed E-state index contributed by atoms with van der Waals surface area (Å²) in [7, 11) is 1.54. The Morgan fingerprint density at radius 2 is 1.68 bits per heavy atom. The van der Waals surface area contributed by atoms with Crippen molar-refractivity contribution in [2.24, 2.45) is 0 Å². The van der Waals surface area contributed by atoms with E-state index in [4.69, 9.17) is 27.9 Å². The van der Waals surface area contributed by atoms with Crippen LogP contribution in [-0.4, -0.2) is 18.9 Å². The summed E-state index contributed by atoms with van der Waals surface area (Å²) in [4.78, 5) is 26.2. The van der Waals surface area contributed by atoms with E-state index >= 15 is 0 Å². The van der Waals surface area contributed by atoms with Crippen molar-refractivity contribution in [3.8, 4) is 5.75 Å². The number of rotatable bonds is 4. The summed E-state index contributed by atoms with van der Waals surface area (Å²) in [6.45, 7) is 1.81. The van der Waals surface area contributed by atoms with Gasteiger partial charge in [0, 0.05) is 10.7 Å². The van der Waals surface area contributed by atoms with Gasteiger partial charge in [0.2, 0.25) is 0 Å². The van der Waals surface area contributed by atoms with Gasteiger partial charge >= 0.3 is 0 Å². The maximum atomic E-state index is 12.7. The summed E-state index contributed by atoms with van der Waals surface area (Å²) >= 11 is 12.2. The number of hydrogen-bond donors (Lipinski definition) is 1. The second-order valence-corrected chi connectivity index (χ2v) is 6.16. The van der Waals surface area contributed by atoms with E-state index in [1.54, 1.807) is 42.5 Å². The number of methoxy groups -OCH3 is 1. The zero-order chi connectivity index (χ0) is 18.1. The number of benzene rings is 2. The van der Waals surface area contributed by atoms with Crippen molar-refractivity contribution in [3.05, 3.63) is 63.8 Å². The summed E-state index contributed by atoms with van der Waals surface area (Å²) in [6.07, 6.45) is 0. The molecule has 7 heteroatoms. The number of amides is 2. The monoisotopic (exact) mass is 376 g/mol. The molecule has 1 heterocycles. The Bertz CT molecular complexity index is 892. The minimum Gasteiger partial charge on any atom is -0.497 e. The van der Waals surface area contributed by atoms with E-state index in [1.165, 1.54) is 7.11 Å². The van der Waals surface area contributed by atoms with E-state index in [9.17, 15) is 9.59 Å². The molecule has 25 heavy (non-hydrogen) atoms. The highest BCUT2D eigenvalue weighted by Crippen LogP contribution is 2.32. The van der Waals surface area contributed by atoms with Gasteiger partial charge in [-0.05, 0) is 48.9 Å². The lowest BCUT2D eigenvalue weighted by Crippen LogP contribution is -2.32. The normalized spacial score (nSPS) is 14.3. The fraction of sp³-hybridized carbons (Fsp3) is 0.111. The highest BCUT2D eigenvalue weighted by molar-refractivity contribution is 6.53. The number of halogens is 2. The average molecular weight is 377 g/mol. The molecule has 0 aromatic heterocycles. The molecule has 1 aliphatic heterocycles. The van der Waals surface area contributed by atoms with Crippen molar-refractivity contribution in [1.29, 1.82) is 0 Å². The van der Waals surface area contributed by atoms with Gasteiger partial charge in [0.05, 0.1) is 12.8 Å². The Morgan fingerprint density at radius 3 is 2.32 bits per heavy atom. The summed E-state index contributed by atoms with van der Waals surface area (Å²) in [5.74, 6) is -0.492. The van der Waals surface area contributed by atoms with E-state index in [0.717, 1.165) is 10.5 Å². The second-order valence-electron chi connectivity index (χ2n) is 5.37. The number of anilines is 2. The third kappa shape index (κ3) is 3.08. The number of imide groups is 1. The number of nitrogens with one attached hydrogen (secondary N) is 1. The number of ether oxygens (including phenoxy) is 1. The first-order chi connectivity index (χ1) is 11.9. The van der Waals surface area contributed by atoms with Crippen LogP contribution in [0, 0.1) is 6.92 Å². The maximum Gasteiger partial charge on any atom is 0.283 e. The summed E-state index contributed by atoms with van der Waals surface area (Å²) < 4.78 is 5.08. The van der Waals surface area contributed by atoms with Gasteiger partial charge in [0.15, 0.2) is 0 Å². The molecule has 128 valence electrons. The van der Waals surface area contributed by atoms with E-state index < -0.39 is 11.8 Å². The quantitative estimate of drug-likeness (QED) is 0.816. The van der Waals surface area contributed by atoms with Gasteiger partial charge in [-0.25, -0.2) is 4.90 Å². The van der Waals surface area contributed by atoms with Crippen LogP contribution in [0.3, 0.4) is 0 Å². The predicted octanol–water partition coefficient (Wildman–Crippen LogP) is 4.09. The van der Waals surface area contributed by atoms with Crippen molar-refractivity contribution in [2.75, 3.05) is 17.3 Å². The predicted molar refractivity (Wildman–Crippen MR) is 98.2 cm³/mol. The molecule has 0 atom stereocenters. The van der Waals surface area contributed by atoms with Gasteiger partial charge in [-0.1, -0.05) is 29.3 Å². The Hall–Kier alpha value is -2.50. The van der Waals surface area contributed by atoms with E-state index in [0.29, 0.717) is 22.1 Å². The molecule has 0 fully saturated rings. The number of carbonyl (C=O) groups is 2. The van der Waals surface area contributed by atoms with Crippen LogP contribution in [-0.2, 0) is 9.59 Å². The largest absolute Gasteiger partial charge is 0.497 e. The Kier molecular flexibility index (Phi) is 4.70. The van der Waals surface area contributed by atoms with Crippen LogP contribution in [0.4, 0.5) is 11.4 Å². The molecule has 0 aliphatic carbocycles. The van der Waals surface area contributed by atoms with Crippen molar-refractivity contribution >= 4 is 46.4 Å². The van der Waals surface area contributed by atoms with Crippen molar-refractivity contribution < 1.29 is 14.3 Å². The molecule has 1 N–H and O–H groups in total. The molecule has 0 bridgehead atoms. The van der Waals surface area contributed by atoms with Gasteiger partial charge in [-0.2, -0.15) is 0 Å². The van der Waals surface area contributed by atoms with Gasteiger partial charge in [-0.15, -0.1) is 0 Å². The van der Waals surface area contributed by atoms with Crippen molar-refractivity contribution in [2.45, 2.75) is 6.92 Å². The SMILES string of the molecule is COc1ccc(N2C(=O)C(Cl)=C(Nc3cccc(Cl)c3C)C2=O)cc1. The fourth-order valence-corrected chi connectivity index (χ4v) is 2.84. The Labute approximate surface area is 154 Å². The second kappa shape index (κ2) is 6.78. The lowest BCUT2D eigenvalue weighted by atomic mass is 10.2. The van der Waals surface area contributed by atoms with Gasteiger partial charge < -0.3 is 10.1 Å². The average Bonchev–Trinajstić information content (AvgIpc) is 2.82. The minimum absolute atomic E-state index is 0.0212. The molecule has 0 saturated carbocycles.